The average molecular weight is 397 g/mol. The van der Waals surface area contributed by atoms with Crippen molar-refractivity contribution in [3.05, 3.63) is 67.9 Å². The molecule has 0 saturated carbocycles. The van der Waals surface area contributed by atoms with E-state index in [0.717, 1.165) is 29.7 Å². The van der Waals surface area contributed by atoms with Crippen LogP contribution >= 0.6 is 22.7 Å². The standard InChI is InChI=1S/C22H24N2OS2/c1-14(2)16-9-7-15(8-10-16)11-17-12-23-22(27-17)24-21(25)19-13-26-20-6-4-3-5-18(19)20/h7-10,12-14H,3-6,11H2,1-2H3,(H,23,24,25). The Bertz CT molecular complexity index is 938. The molecule has 0 atom stereocenters. The third-order valence-corrected chi connectivity index (χ3v) is 7.11. The highest BCUT2D eigenvalue weighted by Crippen LogP contribution is 2.31. The molecular formula is C22H24N2OS2. The molecule has 0 bridgehead atoms. The maximum Gasteiger partial charge on any atom is 0.258 e. The number of thiophene rings is 1. The van der Waals surface area contributed by atoms with Crippen molar-refractivity contribution in [2.75, 3.05) is 5.32 Å². The zero-order valence-corrected chi connectivity index (χ0v) is 17.4. The summed E-state index contributed by atoms with van der Waals surface area (Å²) in [5.74, 6) is 0.531. The molecule has 1 aromatic carbocycles. The zero-order chi connectivity index (χ0) is 18.8. The predicted molar refractivity (Wildman–Crippen MR) is 114 cm³/mol. The average Bonchev–Trinajstić information content (AvgIpc) is 3.29. The van der Waals surface area contributed by atoms with Gasteiger partial charge in [0.05, 0.1) is 5.56 Å². The Morgan fingerprint density at radius 3 is 2.74 bits per heavy atom. The molecule has 2 aromatic heterocycles. The van der Waals surface area contributed by atoms with Crippen LogP contribution < -0.4 is 5.32 Å². The third kappa shape index (κ3) is 4.14. The van der Waals surface area contributed by atoms with Gasteiger partial charge in [0.25, 0.3) is 5.91 Å². The molecule has 5 heteroatoms. The van der Waals surface area contributed by atoms with Gasteiger partial charge in [0.15, 0.2) is 5.13 Å². The number of thiazole rings is 1. The second-order valence-electron chi connectivity index (χ2n) is 7.42. The van der Waals surface area contributed by atoms with E-state index in [1.165, 1.54) is 34.4 Å². The molecule has 27 heavy (non-hydrogen) atoms. The van der Waals surface area contributed by atoms with Crippen LogP contribution in [0.3, 0.4) is 0 Å². The van der Waals surface area contributed by atoms with E-state index in [1.54, 1.807) is 22.7 Å². The van der Waals surface area contributed by atoms with Gasteiger partial charge in [-0.1, -0.05) is 38.1 Å². The fraction of sp³-hybridized carbons (Fsp3) is 0.364. The van der Waals surface area contributed by atoms with E-state index in [4.69, 9.17) is 0 Å². The topological polar surface area (TPSA) is 42.0 Å². The molecular weight excluding hydrogens is 372 g/mol. The molecule has 0 saturated heterocycles. The second kappa shape index (κ2) is 7.95. The third-order valence-electron chi connectivity index (χ3n) is 5.10. The van der Waals surface area contributed by atoms with Gasteiger partial charge in [-0.25, -0.2) is 4.98 Å². The van der Waals surface area contributed by atoms with Gasteiger partial charge in [0.1, 0.15) is 0 Å². The minimum absolute atomic E-state index is 0.0170. The Hall–Kier alpha value is -1.98. The van der Waals surface area contributed by atoms with Crippen LogP contribution in [-0.4, -0.2) is 10.9 Å². The van der Waals surface area contributed by atoms with E-state index in [1.807, 2.05) is 11.6 Å². The van der Waals surface area contributed by atoms with E-state index in [0.29, 0.717) is 11.0 Å². The number of rotatable bonds is 5. The van der Waals surface area contributed by atoms with Crippen molar-refractivity contribution in [2.24, 2.45) is 0 Å². The van der Waals surface area contributed by atoms with Crippen molar-refractivity contribution in [3.8, 4) is 0 Å². The van der Waals surface area contributed by atoms with Crippen LogP contribution in [0.1, 0.15) is 69.4 Å². The number of fused-ring (bicyclic) bond motifs is 1. The molecule has 1 N–H and O–H groups in total. The summed E-state index contributed by atoms with van der Waals surface area (Å²) in [4.78, 5) is 19.6. The summed E-state index contributed by atoms with van der Waals surface area (Å²) in [7, 11) is 0. The summed E-state index contributed by atoms with van der Waals surface area (Å²) in [5, 5.41) is 5.69. The Morgan fingerprint density at radius 2 is 1.96 bits per heavy atom. The molecule has 2 heterocycles. The van der Waals surface area contributed by atoms with Crippen molar-refractivity contribution < 1.29 is 4.79 Å². The molecule has 0 radical (unpaired) electrons. The highest BCUT2D eigenvalue weighted by atomic mass is 32.1. The number of nitrogens with zero attached hydrogens (tertiary/aromatic N) is 1. The van der Waals surface area contributed by atoms with Crippen LogP contribution in [0.2, 0.25) is 0 Å². The molecule has 0 spiro atoms. The molecule has 0 aliphatic heterocycles. The molecule has 1 aliphatic rings. The quantitative estimate of drug-likeness (QED) is 0.570. The number of benzene rings is 1. The van der Waals surface area contributed by atoms with E-state index in [9.17, 15) is 4.79 Å². The van der Waals surface area contributed by atoms with Crippen LogP contribution in [0, 0.1) is 0 Å². The first kappa shape index (κ1) is 18.4. The van der Waals surface area contributed by atoms with E-state index >= 15 is 0 Å². The summed E-state index contributed by atoms with van der Waals surface area (Å²) in [6.07, 6.45) is 7.28. The normalized spacial score (nSPS) is 13.6. The number of anilines is 1. The summed E-state index contributed by atoms with van der Waals surface area (Å²) >= 11 is 3.28. The van der Waals surface area contributed by atoms with Gasteiger partial charge in [-0.2, -0.15) is 0 Å². The summed E-state index contributed by atoms with van der Waals surface area (Å²) in [6, 6.07) is 8.77. The maximum absolute atomic E-state index is 12.7. The second-order valence-corrected chi connectivity index (χ2v) is 9.50. The Morgan fingerprint density at radius 1 is 1.19 bits per heavy atom. The van der Waals surface area contributed by atoms with Crippen LogP contribution in [-0.2, 0) is 19.3 Å². The van der Waals surface area contributed by atoms with E-state index < -0.39 is 0 Å². The van der Waals surface area contributed by atoms with Crippen LogP contribution in [0.4, 0.5) is 5.13 Å². The van der Waals surface area contributed by atoms with Crippen LogP contribution in [0.5, 0.6) is 0 Å². The van der Waals surface area contributed by atoms with Gasteiger partial charge in [-0.15, -0.1) is 22.7 Å². The van der Waals surface area contributed by atoms with Crippen LogP contribution in [0.25, 0.3) is 0 Å². The van der Waals surface area contributed by atoms with E-state index in [2.05, 4.69) is 48.4 Å². The lowest BCUT2D eigenvalue weighted by Crippen LogP contribution is -2.14. The molecule has 1 amide bonds. The van der Waals surface area contributed by atoms with Crippen molar-refractivity contribution >= 4 is 33.7 Å². The number of hydrogen-bond acceptors (Lipinski definition) is 4. The van der Waals surface area contributed by atoms with Gasteiger partial charge in [-0.05, 0) is 48.3 Å². The lowest BCUT2D eigenvalue weighted by atomic mass is 9.96. The number of carbonyl (C=O) groups excluding carboxylic acids is 1. The van der Waals surface area contributed by atoms with Crippen molar-refractivity contribution in [3.63, 3.8) is 0 Å². The molecule has 140 valence electrons. The molecule has 3 nitrogen and oxygen atoms in total. The molecule has 1 aliphatic carbocycles. The highest BCUT2D eigenvalue weighted by molar-refractivity contribution is 7.15. The smallest absolute Gasteiger partial charge is 0.258 e. The van der Waals surface area contributed by atoms with Crippen molar-refractivity contribution in [2.45, 2.75) is 51.9 Å². The van der Waals surface area contributed by atoms with Gasteiger partial charge in [-0.3, -0.25) is 10.1 Å². The van der Waals surface area contributed by atoms with Gasteiger partial charge in [0.2, 0.25) is 0 Å². The summed E-state index contributed by atoms with van der Waals surface area (Å²) in [6.45, 7) is 4.41. The largest absolute Gasteiger partial charge is 0.298 e. The number of hydrogen-bond donors (Lipinski definition) is 1. The molecule has 0 unspecified atom stereocenters. The fourth-order valence-electron chi connectivity index (χ4n) is 3.52. The zero-order valence-electron chi connectivity index (χ0n) is 15.7. The lowest BCUT2D eigenvalue weighted by molar-refractivity contribution is 0.102. The van der Waals surface area contributed by atoms with Gasteiger partial charge < -0.3 is 0 Å². The first-order valence-corrected chi connectivity index (χ1v) is 11.2. The Kier molecular flexibility index (Phi) is 5.41. The molecule has 4 rings (SSSR count). The highest BCUT2D eigenvalue weighted by Gasteiger charge is 2.20. The number of nitrogens with one attached hydrogen (secondary N) is 1. The fourth-order valence-corrected chi connectivity index (χ4v) is 5.48. The molecule has 3 aromatic rings. The van der Waals surface area contributed by atoms with E-state index in [-0.39, 0.29) is 5.91 Å². The number of carbonyl (C=O) groups is 1. The SMILES string of the molecule is CC(C)c1ccc(Cc2cnc(NC(=O)c3csc4c3CCCC4)s2)cc1. The van der Waals surface area contributed by atoms with Crippen LogP contribution in [0.15, 0.2) is 35.8 Å². The van der Waals surface area contributed by atoms with Crippen molar-refractivity contribution in [1.29, 1.82) is 0 Å². The monoisotopic (exact) mass is 396 g/mol. The minimum Gasteiger partial charge on any atom is -0.298 e. The first-order chi connectivity index (χ1) is 13.1. The maximum atomic E-state index is 12.7. The Balaban J connectivity index is 1.42. The van der Waals surface area contributed by atoms with Crippen molar-refractivity contribution in [1.82, 2.24) is 4.98 Å². The minimum atomic E-state index is -0.0170. The summed E-state index contributed by atoms with van der Waals surface area (Å²) in [5.41, 5.74) is 4.73. The number of amides is 1. The molecule has 0 fully saturated rings. The Labute approximate surface area is 168 Å². The first-order valence-electron chi connectivity index (χ1n) is 9.54. The summed E-state index contributed by atoms with van der Waals surface area (Å²) < 4.78 is 0. The number of aromatic nitrogens is 1. The number of aryl methyl sites for hydroxylation is 1. The van der Waals surface area contributed by atoms with Gasteiger partial charge in [0, 0.05) is 27.8 Å². The lowest BCUT2D eigenvalue weighted by Gasteiger charge is -2.12. The van der Waals surface area contributed by atoms with Gasteiger partial charge >= 0.3 is 0 Å². The predicted octanol–water partition coefficient (Wildman–Crippen LogP) is 6.05.